The van der Waals surface area contributed by atoms with E-state index in [1.165, 1.54) is 5.56 Å². The summed E-state index contributed by atoms with van der Waals surface area (Å²) in [4.78, 5) is 4.30. The van der Waals surface area contributed by atoms with Gasteiger partial charge in [0.1, 0.15) is 0 Å². The third-order valence-electron chi connectivity index (χ3n) is 3.04. The molecule has 6 heteroatoms. The second-order valence-corrected chi connectivity index (χ2v) is 6.88. The Balaban J connectivity index is 2.41. The molecule has 0 unspecified atom stereocenters. The monoisotopic (exact) mass is 285 g/mol. The molecule has 0 fully saturated rings. The molecule has 0 spiro atoms. The van der Waals surface area contributed by atoms with E-state index in [-0.39, 0.29) is 11.8 Å². The van der Waals surface area contributed by atoms with Crippen LogP contribution in [0.2, 0.25) is 0 Å². The first-order valence-corrected chi connectivity index (χ1v) is 8.12. The van der Waals surface area contributed by atoms with Crippen LogP contribution in [0.5, 0.6) is 0 Å². The molecule has 0 bridgehead atoms. The lowest BCUT2D eigenvalue weighted by Gasteiger charge is -2.15. The van der Waals surface area contributed by atoms with Crippen molar-refractivity contribution in [1.29, 1.82) is 0 Å². The van der Waals surface area contributed by atoms with Gasteiger partial charge in [-0.3, -0.25) is 4.98 Å². The molecule has 1 atom stereocenters. The van der Waals surface area contributed by atoms with E-state index < -0.39 is 10.0 Å². The van der Waals surface area contributed by atoms with Gasteiger partial charge >= 0.3 is 0 Å². The largest absolute Gasteiger partial charge is 0.309 e. The van der Waals surface area contributed by atoms with Crippen molar-refractivity contribution in [2.24, 2.45) is 0 Å². The zero-order valence-electron chi connectivity index (χ0n) is 12.0. The Kier molecular flexibility index (Phi) is 5.90. The summed E-state index contributed by atoms with van der Waals surface area (Å²) in [6.45, 7) is 8.67. The first-order valence-electron chi connectivity index (χ1n) is 6.47. The van der Waals surface area contributed by atoms with Gasteiger partial charge in [0.15, 0.2) is 0 Å². The Morgan fingerprint density at radius 1 is 1.37 bits per heavy atom. The molecular formula is C13H23N3O2S. The molecule has 0 radical (unpaired) electrons. The van der Waals surface area contributed by atoms with Crippen molar-refractivity contribution in [2.75, 3.05) is 12.3 Å². The second kappa shape index (κ2) is 6.98. The van der Waals surface area contributed by atoms with Crippen LogP contribution >= 0.6 is 0 Å². The van der Waals surface area contributed by atoms with E-state index in [0.29, 0.717) is 13.1 Å². The topological polar surface area (TPSA) is 71.1 Å². The molecule has 0 saturated heterocycles. The number of rotatable bonds is 7. The molecule has 0 saturated carbocycles. The first kappa shape index (κ1) is 16.1. The highest BCUT2D eigenvalue weighted by atomic mass is 32.2. The molecular weight excluding hydrogens is 262 g/mol. The number of hydrogen-bond donors (Lipinski definition) is 2. The Bertz CT molecular complexity index is 515. The van der Waals surface area contributed by atoms with Gasteiger partial charge in [0.25, 0.3) is 0 Å². The molecule has 1 rings (SSSR count). The molecule has 2 N–H and O–H groups in total. The number of nitrogens with zero attached hydrogens (tertiary/aromatic N) is 1. The standard InChI is InChI=1S/C13H23N3O2S/c1-5-19(17,18)16-7-11(3)14-8-13-6-10(2)12(4)15-9-13/h6,9,11,14,16H,5,7-8H2,1-4H3/t11-/m1/s1. The summed E-state index contributed by atoms with van der Waals surface area (Å²) in [7, 11) is -3.11. The Labute approximate surface area is 115 Å². The van der Waals surface area contributed by atoms with Gasteiger partial charge in [0.2, 0.25) is 10.0 Å². The Morgan fingerprint density at radius 2 is 2.05 bits per heavy atom. The van der Waals surface area contributed by atoms with E-state index in [9.17, 15) is 8.42 Å². The molecule has 0 aliphatic carbocycles. The average Bonchev–Trinajstić information content (AvgIpc) is 2.38. The zero-order chi connectivity index (χ0) is 14.5. The second-order valence-electron chi connectivity index (χ2n) is 4.78. The van der Waals surface area contributed by atoms with Gasteiger partial charge in [-0.05, 0) is 38.8 Å². The maximum absolute atomic E-state index is 11.3. The van der Waals surface area contributed by atoms with E-state index in [0.717, 1.165) is 11.3 Å². The van der Waals surface area contributed by atoms with Crippen molar-refractivity contribution < 1.29 is 8.42 Å². The highest BCUT2D eigenvalue weighted by Gasteiger charge is 2.09. The molecule has 1 aromatic heterocycles. The summed E-state index contributed by atoms with van der Waals surface area (Å²) in [5.74, 6) is 0.112. The molecule has 108 valence electrons. The van der Waals surface area contributed by atoms with Gasteiger partial charge < -0.3 is 5.32 Å². The maximum Gasteiger partial charge on any atom is 0.211 e. The van der Waals surface area contributed by atoms with Crippen molar-refractivity contribution >= 4 is 10.0 Å². The normalized spacial score (nSPS) is 13.5. The minimum atomic E-state index is -3.11. The molecule has 1 heterocycles. The summed E-state index contributed by atoms with van der Waals surface area (Å²) in [6, 6.07) is 2.17. The van der Waals surface area contributed by atoms with Gasteiger partial charge in [-0.25, -0.2) is 13.1 Å². The summed E-state index contributed by atoms with van der Waals surface area (Å²) < 4.78 is 25.2. The van der Waals surface area contributed by atoms with Crippen LogP contribution in [0.15, 0.2) is 12.3 Å². The lowest BCUT2D eigenvalue weighted by atomic mass is 10.1. The predicted octanol–water partition coefficient (Wildman–Crippen LogP) is 1.12. The van der Waals surface area contributed by atoms with Crippen molar-refractivity contribution in [3.05, 3.63) is 29.1 Å². The van der Waals surface area contributed by atoms with Crippen molar-refractivity contribution in [1.82, 2.24) is 15.0 Å². The third-order valence-corrected chi connectivity index (χ3v) is 4.41. The summed E-state index contributed by atoms with van der Waals surface area (Å²) in [6.07, 6.45) is 1.85. The first-order chi connectivity index (χ1) is 8.84. The fourth-order valence-corrected chi connectivity index (χ4v) is 2.22. The lowest BCUT2D eigenvalue weighted by molar-refractivity contribution is 0.524. The van der Waals surface area contributed by atoms with Crippen LogP contribution in [0.1, 0.15) is 30.7 Å². The van der Waals surface area contributed by atoms with E-state index in [1.807, 2.05) is 27.0 Å². The summed E-state index contributed by atoms with van der Waals surface area (Å²) in [5, 5.41) is 3.28. The van der Waals surface area contributed by atoms with Gasteiger partial charge in [0.05, 0.1) is 5.75 Å². The van der Waals surface area contributed by atoms with Crippen molar-refractivity contribution in [2.45, 2.75) is 40.3 Å². The minimum Gasteiger partial charge on any atom is -0.309 e. The number of pyridine rings is 1. The molecule has 5 nitrogen and oxygen atoms in total. The van der Waals surface area contributed by atoms with Gasteiger partial charge in [-0.2, -0.15) is 0 Å². The van der Waals surface area contributed by atoms with E-state index >= 15 is 0 Å². The minimum absolute atomic E-state index is 0.0722. The number of hydrogen-bond acceptors (Lipinski definition) is 4. The fourth-order valence-electron chi connectivity index (χ4n) is 1.52. The molecule has 0 aromatic carbocycles. The molecule has 19 heavy (non-hydrogen) atoms. The maximum atomic E-state index is 11.3. The smallest absolute Gasteiger partial charge is 0.211 e. The highest BCUT2D eigenvalue weighted by Crippen LogP contribution is 2.06. The summed E-state index contributed by atoms with van der Waals surface area (Å²) >= 11 is 0. The highest BCUT2D eigenvalue weighted by molar-refractivity contribution is 7.89. The number of nitrogens with one attached hydrogen (secondary N) is 2. The van der Waals surface area contributed by atoms with Gasteiger partial charge in [-0.1, -0.05) is 6.07 Å². The van der Waals surface area contributed by atoms with Crippen LogP contribution in [-0.4, -0.2) is 31.7 Å². The summed E-state index contributed by atoms with van der Waals surface area (Å²) in [5.41, 5.74) is 3.31. The lowest BCUT2D eigenvalue weighted by Crippen LogP contribution is -2.39. The average molecular weight is 285 g/mol. The van der Waals surface area contributed by atoms with Crippen LogP contribution in [-0.2, 0) is 16.6 Å². The van der Waals surface area contributed by atoms with E-state index in [1.54, 1.807) is 6.92 Å². The van der Waals surface area contributed by atoms with Crippen LogP contribution in [0.25, 0.3) is 0 Å². The fraction of sp³-hybridized carbons (Fsp3) is 0.615. The van der Waals surface area contributed by atoms with E-state index in [4.69, 9.17) is 0 Å². The number of aryl methyl sites for hydroxylation is 2. The molecule has 1 aromatic rings. The molecule has 0 aliphatic heterocycles. The van der Waals surface area contributed by atoms with Crippen molar-refractivity contribution in [3.63, 3.8) is 0 Å². The third kappa shape index (κ3) is 5.67. The zero-order valence-corrected chi connectivity index (χ0v) is 12.8. The van der Waals surface area contributed by atoms with Crippen LogP contribution in [0.4, 0.5) is 0 Å². The molecule has 0 amide bonds. The van der Waals surface area contributed by atoms with Crippen LogP contribution in [0, 0.1) is 13.8 Å². The SMILES string of the molecule is CCS(=O)(=O)NC[C@@H](C)NCc1cnc(C)c(C)c1. The predicted molar refractivity (Wildman–Crippen MR) is 77.5 cm³/mol. The molecule has 0 aliphatic rings. The van der Waals surface area contributed by atoms with Gasteiger partial charge in [0, 0.05) is 31.0 Å². The quantitative estimate of drug-likeness (QED) is 0.787. The van der Waals surface area contributed by atoms with Crippen molar-refractivity contribution in [3.8, 4) is 0 Å². The number of aromatic nitrogens is 1. The number of sulfonamides is 1. The Morgan fingerprint density at radius 3 is 2.63 bits per heavy atom. The van der Waals surface area contributed by atoms with E-state index in [2.05, 4.69) is 21.1 Å². The van der Waals surface area contributed by atoms with Gasteiger partial charge in [-0.15, -0.1) is 0 Å². The van der Waals surface area contributed by atoms with Crippen LogP contribution < -0.4 is 10.0 Å². The van der Waals surface area contributed by atoms with Crippen LogP contribution in [0.3, 0.4) is 0 Å². The Hall–Kier alpha value is -0.980.